The summed E-state index contributed by atoms with van der Waals surface area (Å²) < 4.78 is 0. The van der Waals surface area contributed by atoms with Crippen LogP contribution in [0.3, 0.4) is 0 Å². The van der Waals surface area contributed by atoms with Gasteiger partial charge in [0.2, 0.25) is 0 Å². The van der Waals surface area contributed by atoms with Crippen molar-refractivity contribution in [1.29, 1.82) is 0 Å². The molecular weight excluding hydrogens is 196 g/mol. The van der Waals surface area contributed by atoms with Gasteiger partial charge in [-0.25, -0.2) is 0 Å². The van der Waals surface area contributed by atoms with Gasteiger partial charge >= 0.3 is 0 Å². The van der Waals surface area contributed by atoms with Crippen molar-refractivity contribution in [1.82, 2.24) is 10.2 Å². The van der Waals surface area contributed by atoms with Crippen LogP contribution in [0.15, 0.2) is 0 Å². The van der Waals surface area contributed by atoms with E-state index in [1.54, 1.807) is 0 Å². The molecule has 0 fully saturated rings. The summed E-state index contributed by atoms with van der Waals surface area (Å²) in [6, 6.07) is 0. The second-order valence-corrected chi connectivity index (χ2v) is 5.79. The van der Waals surface area contributed by atoms with E-state index < -0.39 is 0 Å². The van der Waals surface area contributed by atoms with E-state index in [0.29, 0.717) is 5.41 Å². The molecule has 2 nitrogen and oxygen atoms in total. The first-order valence-corrected chi connectivity index (χ1v) is 6.88. The Bertz CT molecular complexity index is 166. The predicted octanol–water partition coefficient (Wildman–Crippen LogP) is 2.99. The molecule has 1 N–H and O–H groups in total. The fourth-order valence-corrected chi connectivity index (χ4v) is 2.00. The molecule has 0 aromatic carbocycles. The zero-order chi connectivity index (χ0) is 12.6. The third-order valence-corrected chi connectivity index (χ3v) is 3.22. The fraction of sp³-hybridized carbons (Fsp3) is 1.00. The molecule has 0 aliphatic heterocycles. The monoisotopic (exact) mass is 228 g/mol. The first-order chi connectivity index (χ1) is 7.45. The summed E-state index contributed by atoms with van der Waals surface area (Å²) >= 11 is 0. The Hall–Kier alpha value is -0.0800. The van der Waals surface area contributed by atoms with E-state index in [4.69, 9.17) is 0 Å². The smallest absolute Gasteiger partial charge is 0.00448 e. The van der Waals surface area contributed by atoms with Crippen molar-refractivity contribution in [2.75, 3.05) is 32.7 Å². The van der Waals surface area contributed by atoms with Crippen molar-refractivity contribution in [2.24, 2.45) is 11.3 Å². The summed E-state index contributed by atoms with van der Waals surface area (Å²) in [5, 5.41) is 3.46. The SMILES string of the molecule is CCNCC(C)(C)CN(CC)CC(C)CC. The summed E-state index contributed by atoms with van der Waals surface area (Å²) in [4.78, 5) is 2.59. The Balaban J connectivity index is 4.08. The van der Waals surface area contributed by atoms with E-state index in [-0.39, 0.29) is 0 Å². The molecule has 1 unspecified atom stereocenters. The minimum atomic E-state index is 0.374. The molecule has 2 heteroatoms. The molecular formula is C14H32N2. The molecule has 0 aromatic rings. The summed E-state index contributed by atoms with van der Waals surface area (Å²) in [6.07, 6.45) is 1.28. The maximum absolute atomic E-state index is 3.46. The van der Waals surface area contributed by atoms with E-state index in [2.05, 4.69) is 51.8 Å². The minimum Gasteiger partial charge on any atom is -0.316 e. The average molecular weight is 228 g/mol. The summed E-state index contributed by atoms with van der Waals surface area (Å²) in [5.41, 5.74) is 0.374. The highest BCUT2D eigenvalue weighted by Gasteiger charge is 2.21. The molecule has 16 heavy (non-hydrogen) atoms. The second kappa shape index (κ2) is 8.08. The second-order valence-electron chi connectivity index (χ2n) is 5.79. The third-order valence-electron chi connectivity index (χ3n) is 3.22. The van der Waals surface area contributed by atoms with Gasteiger partial charge in [0.1, 0.15) is 0 Å². The van der Waals surface area contributed by atoms with E-state index in [9.17, 15) is 0 Å². The van der Waals surface area contributed by atoms with Crippen LogP contribution in [0.2, 0.25) is 0 Å². The van der Waals surface area contributed by atoms with Crippen molar-refractivity contribution in [3.8, 4) is 0 Å². The number of nitrogens with one attached hydrogen (secondary N) is 1. The summed E-state index contributed by atoms with van der Waals surface area (Å²) in [6.45, 7) is 19.6. The molecule has 0 spiro atoms. The topological polar surface area (TPSA) is 15.3 Å². The average Bonchev–Trinajstić information content (AvgIpc) is 2.25. The first kappa shape index (κ1) is 15.9. The van der Waals surface area contributed by atoms with Crippen molar-refractivity contribution >= 4 is 0 Å². The van der Waals surface area contributed by atoms with Crippen LogP contribution in [0.5, 0.6) is 0 Å². The van der Waals surface area contributed by atoms with Crippen LogP contribution < -0.4 is 5.32 Å². The fourth-order valence-electron chi connectivity index (χ4n) is 2.00. The predicted molar refractivity (Wildman–Crippen MR) is 73.9 cm³/mol. The Kier molecular flexibility index (Phi) is 8.04. The van der Waals surface area contributed by atoms with Gasteiger partial charge in [-0.15, -0.1) is 0 Å². The quantitative estimate of drug-likeness (QED) is 0.652. The maximum atomic E-state index is 3.46. The molecule has 98 valence electrons. The van der Waals surface area contributed by atoms with Gasteiger partial charge in [0.25, 0.3) is 0 Å². The Labute approximate surface area is 103 Å². The van der Waals surface area contributed by atoms with E-state index in [1.165, 1.54) is 26.1 Å². The zero-order valence-corrected chi connectivity index (χ0v) is 12.3. The molecule has 1 atom stereocenters. The lowest BCUT2D eigenvalue weighted by molar-refractivity contribution is 0.162. The molecule has 0 saturated heterocycles. The van der Waals surface area contributed by atoms with Gasteiger partial charge in [-0.05, 0) is 24.4 Å². The van der Waals surface area contributed by atoms with Gasteiger partial charge < -0.3 is 10.2 Å². The molecule has 0 aliphatic carbocycles. The molecule has 0 radical (unpaired) electrons. The number of rotatable bonds is 9. The minimum absolute atomic E-state index is 0.374. The number of nitrogens with zero attached hydrogens (tertiary/aromatic N) is 1. The van der Waals surface area contributed by atoms with Crippen molar-refractivity contribution in [3.63, 3.8) is 0 Å². The van der Waals surface area contributed by atoms with E-state index in [1.807, 2.05) is 0 Å². The van der Waals surface area contributed by atoms with Crippen molar-refractivity contribution in [3.05, 3.63) is 0 Å². The largest absolute Gasteiger partial charge is 0.316 e. The van der Waals surface area contributed by atoms with Crippen LogP contribution in [0.1, 0.15) is 48.0 Å². The van der Waals surface area contributed by atoms with Crippen LogP contribution >= 0.6 is 0 Å². The van der Waals surface area contributed by atoms with Gasteiger partial charge in [0.05, 0.1) is 0 Å². The van der Waals surface area contributed by atoms with Crippen LogP contribution in [0.25, 0.3) is 0 Å². The van der Waals surface area contributed by atoms with Gasteiger partial charge in [-0.1, -0.05) is 48.0 Å². The Morgan fingerprint density at radius 1 is 1.19 bits per heavy atom. The number of hydrogen-bond donors (Lipinski definition) is 1. The lowest BCUT2D eigenvalue weighted by Crippen LogP contribution is -2.42. The molecule has 0 bridgehead atoms. The van der Waals surface area contributed by atoms with Gasteiger partial charge in [-0.2, -0.15) is 0 Å². The van der Waals surface area contributed by atoms with Crippen LogP contribution in [-0.4, -0.2) is 37.6 Å². The molecule has 0 aromatic heterocycles. The molecule has 0 saturated carbocycles. The summed E-state index contributed by atoms with van der Waals surface area (Å²) in [7, 11) is 0. The van der Waals surface area contributed by atoms with Crippen molar-refractivity contribution < 1.29 is 0 Å². The van der Waals surface area contributed by atoms with E-state index in [0.717, 1.165) is 19.0 Å². The Morgan fingerprint density at radius 3 is 2.25 bits per heavy atom. The van der Waals surface area contributed by atoms with Crippen LogP contribution in [0.4, 0.5) is 0 Å². The lowest BCUT2D eigenvalue weighted by atomic mass is 9.92. The highest BCUT2D eigenvalue weighted by molar-refractivity contribution is 4.76. The van der Waals surface area contributed by atoms with Gasteiger partial charge in [-0.3, -0.25) is 0 Å². The molecule has 0 rings (SSSR count). The van der Waals surface area contributed by atoms with Crippen molar-refractivity contribution in [2.45, 2.75) is 48.0 Å². The summed E-state index contributed by atoms with van der Waals surface area (Å²) in [5.74, 6) is 0.815. The van der Waals surface area contributed by atoms with E-state index >= 15 is 0 Å². The maximum Gasteiger partial charge on any atom is 0.00448 e. The first-order valence-electron chi connectivity index (χ1n) is 6.88. The van der Waals surface area contributed by atoms with Gasteiger partial charge in [0, 0.05) is 19.6 Å². The highest BCUT2D eigenvalue weighted by Crippen LogP contribution is 2.17. The normalized spacial score (nSPS) is 14.4. The standard InChI is InChI=1S/C14H32N2/c1-7-13(4)10-16(9-3)12-14(5,6)11-15-8-2/h13,15H,7-12H2,1-6H3. The molecule has 0 amide bonds. The molecule has 0 aliphatic rings. The van der Waals surface area contributed by atoms with Crippen LogP contribution in [-0.2, 0) is 0 Å². The highest BCUT2D eigenvalue weighted by atomic mass is 15.1. The number of hydrogen-bond acceptors (Lipinski definition) is 2. The third kappa shape index (κ3) is 7.24. The Morgan fingerprint density at radius 2 is 1.81 bits per heavy atom. The van der Waals surface area contributed by atoms with Crippen LogP contribution in [0, 0.1) is 11.3 Å². The van der Waals surface area contributed by atoms with Gasteiger partial charge in [0.15, 0.2) is 0 Å². The lowest BCUT2D eigenvalue weighted by Gasteiger charge is -2.33. The zero-order valence-electron chi connectivity index (χ0n) is 12.3. The molecule has 0 heterocycles.